The van der Waals surface area contributed by atoms with Crippen LogP contribution in [0.1, 0.15) is 0 Å². The smallest absolute Gasteiger partial charge is 0.134 e. The molecule has 0 spiro atoms. The van der Waals surface area contributed by atoms with Crippen LogP contribution in [0.4, 0.5) is 11.4 Å². The monoisotopic (exact) mass is 550 g/mol. The van der Waals surface area contributed by atoms with Crippen LogP contribution in [-0.4, -0.2) is 52.3 Å². The minimum absolute atomic E-state index is 0. The van der Waals surface area contributed by atoms with Crippen molar-refractivity contribution in [2.75, 3.05) is 42.3 Å². The van der Waals surface area contributed by atoms with Gasteiger partial charge in [-0.1, -0.05) is 0 Å². The fraction of sp³-hybridized carbons (Fsp3) is 0.333. The summed E-state index contributed by atoms with van der Waals surface area (Å²) in [5.41, 5.74) is 6.26. The number of hydrogen-bond acceptors (Lipinski definition) is 2. The van der Waals surface area contributed by atoms with Crippen LogP contribution in [-0.2, 0) is 0 Å². The fourth-order valence-corrected chi connectivity index (χ4v) is 2.49. The van der Waals surface area contributed by atoms with Gasteiger partial charge in [0, 0.05) is 24.3 Å². The second-order valence-corrected chi connectivity index (χ2v) is 7.59. The lowest BCUT2D eigenvalue weighted by Gasteiger charge is -2.24. The predicted molar refractivity (Wildman–Crippen MR) is 96.2 cm³/mol. The lowest BCUT2D eigenvalue weighted by molar-refractivity contribution is -0.00100. The number of aromatic nitrogens is 2. The highest BCUT2D eigenvalue weighted by Crippen LogP contribution is 2.26. The summed E-state index contributed by atoms with van der Waals surface area (Å²) in [6.07, 6.45) is 0. The van der Waals surface area contributed by atoms with Crippen LogP contribution >= 0.6 is 0 Å². The normalized spacial score (nSPS) is 11.9. The van der Waals surface area contributed by atoms with E-state index in [0.29, 0.717) is 0 Å². The van der Waals surface area contributed by atoms with E-state index in [1.807, 2.05) is 0 Å². The molecule has 4 nitrogen and oxygen atoms in total. The van der Waals surface area contributed by atoms with Crippen molar-refractivity contribution in [3.63, 3.8) is 0 Å². The van der Waals surface area contributed by atoms with E-state index in [0.717, 1.165) is 31.0 Å². The number of benzene rings is 2. The standard InChI is InChI=1S/C18H24N4.2HI/c1-21(2,3)13-7-9-15-17(11-13)20-18-12-14(22(4,5)6)8-10-16(18)19-15;;/h7-12H,1-6H3;2*1H/q+2;;/p-2. The molecular formula is C18H24I2N4. The summed E-state index contributed by atoms with van der Waals surface area (Å²) < 4.78 is 1.54. The lowest BCUT2D eigenvalue weighted by atomic mass is 10.2. The number of hydrogen-bond donors (Lipinski definition) is 0. The molecule has 24 heavy (non-hydrogen) atoms. The average Bonchev–Trinajstić information content (AvgIpc) is 2.41. The van der Waals surface area contributed by atoms with Gasteiger partial charge in [-0.3, -0.25) is 8.97 Å². The van der Waals surface area contributed by atoms with Gasteiger partial charge in [-0.05, 0) is 12.1 Å². The Balaban J connectivity index is 0.00000144. The molecule has 0 saturated heterocycles. The van der Waals surface area contributed by atoms with Gasteiger partial charge in [0.1, 0.15) is 11.4 Å². The molecule has 0 radical (unpaired) electrons. The zero-order valence-electron chi connectivity index (χ0n) is 15.0. The maximum atomic E-state index is 4.84. The van der Waals surface area contributed by atoms with Gasteiger partial charge in [0.2, 0.25) is 0 Å². The summed E-state index contributed by atoms with van der Waals surface area (Å²) in [4.78, 5) is 9.59. The summed E-state index contributed by atoms with van der Waals surface area (Å²) in [7, 11) is 12.9. The van der Waals surface area contributed by atoms with Crippen molar-refractivity contribution in [1.29, 1.82) is 0 Å². The number of rotatable bonds is 2. The van der Waals surface area contributed by atoms with Gasteiger partial charge in [-0.2, -0.15) is 0 Å². The van der Waals surface area contributed by atoms with Crippen LogP contribution in [0.25, 0.3) is 22.1 Å². The van der Waals surface area contributed by atoms with Crippen LogP contribution in [0.2, 0.25) is 0 Å². The molecule has 0 unspecified atom stereocenters. The predicted octanol–water partition coefficient (Wildman–Crippen LogP) is -2.82. The third kappa shape index (κ3) is 4.33. The van der Waals surface area contributed by atoms with E-state index in [1.165, 1.54) is 11.4 Å². The van der Waals surface area contributed by atoms with Crippen molar-refractivity contribution in [3.8, 4) is 0 Å². The van der Waals surface area contributed by atoms with E-state index >= 15 is 0 Å². The van der Waals surface area contributed by atoms with E-state index in [9.17, 15) is 0 Å². The first kappa shape index (κ1) is 21.5. The minimum Gasteiger partial charge on any atom is -1.00 e. The van der Waals surface area contributed by atoms with Crippen molar-refractivity contribution in [1.82, 2.24) is 18.9 Å². The maximum absolute atomic E-state index is 4.84. The molecule has 2 aromatic carbocycles. The second kappa shape index (κ2) is 7.35. The summed E-state index contributed by atoms with van der Waals surface area (Å²) >= 11 is 0. The average molecular weight is 550 g/mol. The first-order valence-corrected chi connectivity index (χ1v) is 7.50. The quantitative estimate of drug-likeness (QED) is 0.196. The van der Waals surface area contributed by atoms with Gasteiger partial charge in [-0.15, -0.1) is 0 Å². The Morgan fingerprint density at radius 3 is 1.21 bits per heavy atom. The zero-order chi connectivity index (χ0) is 16.1. The van der Waals surface area contributed by atoms with Crippen LogP contribution < -0.4 is 56.9 Å². The summed E-state index contributed by atoms with van der Waals surface area (Å²) in [5, 5.41) is 0. The van der Waals surface area contributed by atoms with Crippen molar-refractivity contribution >= 4 is 33.4 Å². The number of halogens is 2. The van der Waals surface area contributed by atoms with Crippen LogP contribution in [0.3, 0.4) is 0 Å². The molecule has 0 fully saturated rings. The Hall–Kier alpha value is -0.580. The van der Waals surface area contributed by atoms with Crippen LogP contribution in [0, 0.1) is 0 Å². The van der Waals surface area contributed by atoms with E-state index < -0.39 is 0 Å². The first-order valence-electron chi connectivity index (χ1n) is 7.50. The largest absolute Gasteiger partial charge is 1.00 e. The molecule has 0 N–H and O–H groups in total. The molecule has 6 heteroatoms. The van der Waals surface area contributed by atoms with Gasteiger partial charge in [0.25, 0.3) is 0 Å². The molecule has 0 atom stereocenters. The summed E-state index contributed by atoms with van der Waals surface area (Å²) in [6.45, 7) is 0. The molecule has 0 saturated carbocycles. The Kier molecular flexibility index (Phi) is 6.57. The highest BCUT2D eigenvalue weighted by Gasteiger charge is 2.16. The highest BCUT2D eigenvalue weighted by atomic mass is 127. The van der Waals surface area contributed by atoms with Gasteiger partial charge in [0.05, 0.1) is 64.4 Å². The first-order chi connectivity index (χ1) is 10.1. The minimum atomic E-state index is 0. The zero-order valence-corrected chi connectivity index (χ0v) is 19.3. The van der Waals surface area contributed by atoms with Crippen LogP contribution in [0.15, 0.2) is 36.4 Å². The summed E-state index contributed by atoms with van der Waals surface area (Å²) in [6, 6.07) is 12.7. The summed E-state index contributed by atoms with van der Waals surface area (Å²) in [5.74, 6) is 0. The van der Waals surface area contributed by atoms with E-state index in [-0.39, 0.29) is 48.0 Å². The molecule has 0 aliphatic heterocycles. The molecule has 1 heterocycles. The Morgan fingerprint density at radius 1 is 0.542 bits per heavy atom. The highest BCUT2D eigenvalue weighted by molar-refractivity contribution is 5.89. The van der Waals surface area contributed by atoms with Crippen LogP contribution in [0.5, 0.6) is 0 Å². The van der Waals surface area contributed by atoms with E-state index in [2.05, 4.69) is 78.7 Å². The van der Waals surface area contributed by atoms with Crippen molar-refractivity contribution in [3.05, 3.63) is 36.4 Å². The molecule has 3 aromatic rings. The number of nitrogens with zero attached hydrogens (tertiary/aromatic N) is 4. The molecule has 0 aliphatic rings. The van der Waals surface area contributed by atoms with E-state index in [1.54, 1.807) is 0 Å². The third-order valence-electron chi connectivity index (χ3n) is 3.95. The van der Waals surface area contributed by atoms with Crippen molar-refractivity contribution in [2.24, 2.45) is 0 Å². The molecular weight excluding hydrogens is 526 g/mol. The van der Waals surface area contributed by atoms with Crippen molar-refractivity contribution in [2.45, 2.75) is 0 Å². The lowest BCUT2D eigenvalue weighted by Crippen LogP contribution is -3.00. The number of quaternary nitrogens is 2. The molecule has 3 rings (SSSR count). The Bertz CT molecular complexity index is 795. The van der Waals surface area contributed by atoms with Gasteiger partial charge in [0.15, 0.2) is 0 Å². The van der Waals surface area contributed by atoms with Gasteiger partial charge < -0.3 is 48.0 Å². The van der Waals surface area contributed by atoms with E-state index in [4.69, 9.17) is 9.97 Å². The molecule has 0 aliphatic carbocycles. The third-order valence-corrected chi connectivity index (χ3v) is 3.95. The SMILES string of the molecule is C[N+](C)(C)c1ccc2nc3ccc([N+](C)(C)C)cc3nc2c1.[I-].[I-]. The van der Waals surface area contributed by atoms with Gasteiger partial charge in [-0.25, -0.2) is 9.97 Å². The number of fused-ring (bicyclic) bond motifs is 2. The maximum Gasteiger partial charge on any atom is 0.134 e. The fourth-order valence-electron chi connectivity index (χ4n) is 2.49. The topological polar surface area (TPSA) is 25.8 Å². The van der Waals surface area contributed by atoms with Gasteiger partial charge >= 0.3 is 0 Å². The molecule has 130 valence electrons. The van der Waals surface area contributed by atoms with Crippen molar-refractivity contribution < 1.29 is 48.0 Å². The molecule has 1 aromatic heterocycles. The second-order valence-electron chi connectivity index (χ2n) is 7.59. The Labute approximate surface area is 178 Å². The molecule has 0 amide bonds. The molecule has 0 bridgehead atoms. The Morgan fingerprint density at radius 2 is 0.875 bits per heavy atom.